The van der Waals surface area contributed by atoms with Gasteiger partial charge in [0, 0.05) is 45.3 Å². The van der Waals surface area contributed by atoms with Crippen LogP contribution in [0.1, 0.15) is 11.4 Å². The molecule has 1 aromatic heterocycles. The Morgan fingerprint density at radius 3 is 2.41 bits per heavy atom. The molecule has 0 saturated carbocycles. The fourth-order valence-electron chi connectivity index (χ4n) is 2.94. The Labute approximate surface area is 164 Å². The summed E-state index contributed by atoms with van der Waals surface area (Å²) in [6.07, 6.45) is 0.396. The summed E-state index contributed by atoms with van der Waals surface area (Å²) in [7, 11) is 3.73. The maximum absolute atomic E-state index is 12.5. The Bertz CT molecular complexity index is 789. The van der Waals surface area contributed by atoms with Gasteiger partial charge >= 0.3 is 0 Å². The van der Waals surface area contributed by atoms with Crippen LogP contribution in [0.4, 0.5) is 11.9 Å². The van der Waals surface area contributed by atoms with Crippen LogP contribution in [-0.4, -0.2) is 70.9 Å². The van der Waals surface area contributed by atoms with E-state index in [0.717, 1.165) is 18.7 Å². The van der Waals surface area contributed by atoms with E-state index in [9.17, 15) is 4.79 Å². The summed E-state index contributed by atoms with van der Waals surface area (Å²) >= 11 is 5.89. The Morgan fingerprint density at radius 1 is 1.11 bits per heavy atom. The largest absolute Gasteiger partial charge is 0.368 e. The van der Waals surface area contributed by atoms with Crippen molar-refractivity contribution >= 4 is 29.4 Å². The van der Waals surface area contributed by atoms with E-state index in [1.807, 2.05) is 43.3 Å². The molecule has 144 valence electrons. The molecule has 1 amide bonds. The lowest BCUT2D eigenvalue weighted by Crippen LogP contribution is -2.48. The van der Waals surface area contributed by atoms with Crippen molar-refractivity contribution in [1.82, 2.24) is 24.8 Å². The zero-order valence-electron chi connectivity index (χ0n) is 15.6. The third-order valence-electron chi connectivity index (χ3n) is 4.45. The molecular weight excluding hydrogens is 366 g/mol. The number of carbonyl (C=O) groups excluding carboxylic acids is 1. The predicted molar refractivity (Wildman–Crippen MR) is 106 cm³/mol. The lowest BCUT2D eigenvalue weighted by atomic mass is 10.1. The minimum atomic E-state index is 0.135. The molecule has 2 aromatic rings. The molecule has 27 heavy (non-hydrogen) atoms. The molecule has 0 aliphatic carbocycles. The van der Waals surface area contributed by atoms with Gasteiger partial charge in [0.15, 0.2) is 0 Å². The van der Waals surface area contributed by atoms with Gasteiger partial charge in [-0.25, -0.2) is 0 Å². The number of nitrogens with zero attached hydrogens (tertiary/aromatic N) is 6. The van der Waals surface area contributed by atoms with Crippen molar-refractivity contribution in [2.24, 2.45) is 0 Å². The number of hydrogen-bond acceptors (Lipinski definition) is 7. The second-order valence-electron chi connectivity index (χ2n) is 6.76. The van der Waals surface area contributed by atoms with Gasteiger partial charge in [-0.3, -0.25) is 9.69 Å². The second kappa shape index (κ2) is 8.49. The minimum Gasteiger partial charge on any atom is -0.368 e. The van der Waals surface area contributed by atoms with Crippen LogP contribution in [0.15, 0.2) is 24.3 Å². The third-order valence-corrected chi connectivity index (χ3v) is 4.70. The molecule has 1 fully saturated rings. The predicted octanol–water partition coefficient (Wildman–Crippen LogP) is 1.06. The van der Waals surface area contributed by atoms with E-state index in [4.69, 9.17) is 17.3 Å². The Balaban J connectivity index is 1.53. The molecule has 1 aliphatic heterocycles. The van der Waals surface area contributed by atoms with Crippen LogP contribution in [0.25, 0.3) is 0 Å². The number of amides is 1. The highest BCUT2D eigenvalue weighted by Gasteiger charge is 2.22. The van der Waals surface area contributed by atoms with Crippen LogP contribution in [0.2, 0.25) is 5.02 Å². The number of rotatable bonds is 5. The minimum absolute atomic E-state index is 0.135. The van der Waals surface area contributed by atoms with Gasteiger partial charge in [-0.2, -0.15) is 15.0 Å². The Kier molecular flexibility index (Phi) is 6.08. The first-order chi connectivity index (χ1) is 12.9. The zero-order valence-corrected chi connectivity index (χ0v) is 16.4. The van der Waals surface area contributed by atoms with E-state index in [-0.39, 0.29) is 11.9 Å². The first-order valence-electron chi connectivity index (χ1n) is 8.83. The number of aromatic nitrogens is 3. The van der Waals surface area contributed by atoms with Gasteiger partial charge in [0.05, 0.1) is 13.0 Å². The summed E-state index contributed by atoms with van der Waals surface area (Å²) in [6.45, 7) is 3.51. The van der Waals surface area contributed by atoms with Crippen molar-refractivity contribution in [3.05, 3.63) is 40.7 Å². The molecule has 1 aliphatic rings. The monoisotopic (exact) mass is 389 g/mol. The van der Waals surface area contributed by atoms with E-state index in [1.54, 1.807) is 4.90 Å². The molecule has 1 aromatic carbocycles. The summed E-state index contributed by atoms with van der Waals surface area (Å²) in [5, 5.41) is 0.677. The number of halogens is 1. The summed E-state index contributed by atoms with van der Waals surface area (Å²) in [5.74, 6) is 1.55. The summed E-state index contributed by atoms with van der Waals surface area (Å²) in [4.78, 5) is 31.2. The fourth-order valence-corrected chi connectivity index (χ4v) is 3.07. The van der Waals surface area contributed by atoms with Gasteiger partial charge < -0.3 is 15.5 Å². The lowest BCUT2D eigenvalue weighted by molar-refractivity contribution is -0.132. The molecule has 2 N–H and O–H groups in total. The standard InChI is InChI=1S/C18H24ClN7O/c1-24(2)18-22-15(21-17(20)23-18)12-25-7-9-26(10-8-25)16(27)11-13-3-5-14(19)6-4-13/h3-6H,7-12H2,1-2H3,(H2,20,21,22,23). The number of piperazine rings is 1. The molecule has 0 spiro atoms. The van der Waals surface area contributed by atoms with Gasteiger partial charge in [-0.15, -0.1) is 0 Å². The van der Waals surface area contributed by atoms with E-state index < -0.39 is 0 Å². The first-order valence-corrected chi connectivity index (χ1v) is 9.21. The molecule has 0 bridgehead atoms. The van der Waals surface area contributed by atoms with Crippen molar-refractivity contribution in [3.63, 3.8) is 0 Å². The van der Waals surface area contributed by atoms with Crippen molar-refractivity contribution < 1.29 is 4.79 Å². The SMILES string of the molecule is CN(C)c1nc(N)nc(CN2CCN(C(=O)Cc3ccc(Cl)cc3)CC2)n1. The van der Waals surface area contributed by atoms with Crippen LogP contribution in [0.3, 0.4) is 0 Å². The number of benzene rings is 1. The average Bonchev–Trinajstić information content (AvgIpc) is 2.63. The van der Waals surface area contributed by atoms with Crippen LogP contribution in [-0.2, 0) is 17.8 Å². The maximum atomic E-state index is 12.5. The van der Waals surface area contributed by atoms with Gasteiger partial charge in [0.2, 0.25) is 17.8 Å². The molecule has 0 unspecified atom stereocenters. The highest BCUT2D eigenvalue weighted by atomic mass is 35.5. The van der Waals surface area contributed by atoms with E-state index in [0.29, 0.717) is 42.9 Å². The number of hydrogen-bond donors (Lipinski definition) is 1. The van der Waals surface area contributed by atoms with Crippen molar-refractivity contribution in [2.45, 2.75) is 13.0 Å². The topological polar surface area (TPSA) is 91.5 Å². The van der Waals surface area contributed by atoms with Gasteiger partial charge in [-0.1, -0.05) is 23.7 Å². The molecule has 9 heteroatoms. The van der Waals surface area contributed by atoms with Gasteiger partial charge in [0.25, 0.3) is 0 Å². The number of nitrogens with two attached hydrogens (primary N) is 1. The number of anilines is 2. The Morgan fingerprint density at radius 2 is 1.78 bits per heavy atom. The molecule has 8 nitrogen and oxygen atoms in total. The summed E-state index contributed by atoms with van der Waals surface area (Å²) in [6, 6.07) is 7.41. The van der Waals surface area contributed by atoms with E-state index in [2.05, 4.69) is 19.9 Å². The quantitative estimate of drug-likeness (QED) is 0.817. The molecule has 1 saturated heterocycles. The van der Waals surface area contributed by atoms with Crippen LogP contribution in [0, 0.1) is 0 Å². The molecule has 0 atom stereocenters. The van der Waals surface area contributed by atoms with Crippen molar-refractivity contribution in [2.75, 3.05) is 50.9 Å². The highest BCUT2D eigenvalue weighted by Crippen LogP contribution is 2.13. The number of carbonyl (C=O) groups is 1. The molecule has 3 rings (SSSR count). The smallest absolute Gasteiger partial charge is 0.229 e. The fraction of sp³-hybridized carbons (Fsp3) is 0.444. The van der Waals surface area contributed by atoms with Gasteiger partial charge in [-0.05, 0) is 17.7 Å². The lowest BCUT2D eigenvalue weighted by Gasteiger charge is -2.34. The zero-order chi connectivity index (χ0) is 19.4. The highest BCUT2D eigenvalue weighted by molar-refractivity contribution is 6.30. The van der Waals surface area contributed by atoms with E-state index >= 15 is 0 Å². The molecule has 0 radical (unpaired) electrons. The van der Waals surface area contributed by atoms with Crippen LogP contribution < -0.4 is 10.6 Å². The van der Waals surface area contributed by atoms with Crippen LogP contribution >= 0.6 is 11.6 Å². The first kappa shape index (κ1) is 19.3. The third kappa shape index (κ3) is 5.27. The normalized spacial score (nSPS) is 15.0. The average molecular weight is 390 g/mol. The van der Waals surface area contributed by atoms with Gasteiger partial charge in [0.1, 0.15) is 5.82 Å². The van der Waals surface area contributed by atoms with Crippen molar-refractivity contribution in [1.29, 1.82) is 0 Å². The molecule has 2 heterocycles. The number of nitrogen functional groups attached to an aromatic ring is 1. The summed E-state index contributed by atoms with van der Waals surface area (Å²) in [5.41, 5.74) is 6.75. The Hall–Kier alpha value is -2.45. The van der Waals surface area contributed by atoms with Crippen molar-refractivity contribution in [3.8, 4) is 0 Å². The summed E-state index contributed by atoms with van der Waals surface area (Å²) < 4.78 is 0. The second-order valence-corrected chi connectivity index (χ2v) is 7.20. The van der Waals surface area contributed by atoms with Crippen LogP contribution in [0.5, 0.6) is 0 Å². The van der Waals surface area contributed by atoms with E-state index in [1.165, 1.54) is 0 Å². The molecular formula is C18H24ClN7O. The maximum Gasteiger partial charge on any atom is 0.229 e.